The van der Waals surface area contributed by atoms with Gasteiger partial charge in [-0.3, -0.25) is 9.59 Å². The molecule has 0 saturated carbocycles. The van der Waals surface area contributed by atoms with Gasteiger partial charge in [-0.05, 0) is 55.0 Å². The fourth-order valence-corrected chi connectivity index (χ4v) is 4.29. The zero-order chi connectivity index (χ0) is 27.8. The van der Waals surface area contributed by atoms with E-state index in [9.17, 15) is 9.59 Å². The highest BCUT2D eigenvalue weighted by Crippen LogP contribution is 2.35. The number of carbonyl (C=O) groups is 2. The highest BCUT2D eigenvalue weighted by molar-refractivity contribution is 6.36. The lowest BCUT2D eigenvalue weighted by Crippen LogP contribution is -2.26. The molecule has 39 heavy (non-hydrogen) atoms. The molecule has 0 spiro atoms. The average molecular weight is 564 g/mol. The fraction of sp³-hybridized carbons (Fsp3) is 0.167. The van der Waals surface area contributed by atoms with E-state index >= 15 is 0 Å². The topological polar surface area (TPSA) is 89.6 Å². The molecule has 0 fully saturated rings. The second kappa shape index (κ2) is 13.1. The summed E-state index contributed by atoms with van der Waals surface area (Å²) in [5.74, 6) is 0.630. The number of nitrogens with one attached hydrogen (secondary N) is 2. The summed E-state index contributed by atoms with van der Waals surface area (Å²) in [6, 6.07) is 20.0. The molecular formula is C30H27Cl2N3O4. The molecule has 2 amide bonds. The Hall–Kier alpha value is -4.07. The number of ether oxygens (including phenoxy) is 2. The number of nitrogens with zero attached hydrogens (tertiary/aromatic N) is 1. The van der Waals surface area contributed by atoms with Crippen molar-refractivity contribution in [3.63, 3.8) is 0 Å². The van der Waals surface area contributed by atoms with Crippen LogP contribution in [-0.2, 0) is 11.4 Å². The van der Waals surface area contributed by atoms with Crippen LogP contribution in [0.25, 0.3) is 17.0 Å². The van der Waals surface area contributed by atoms with Crippen LogP contribution in [0.5, 0.6) is 11.5 Å². The van der Waals surface area contributed by atoms with Crippen LogP contribution in [-0.4, -0.2) is 37.0 Å². The Morgan fingerprint density at radius 1 is 0.949 bits per heavy atom. The highest BCUT2D eigenvalue weighted by atomic mass is 35.5. The van der Waals surface area contributed by atoms with Crippen LogP contribution >= 0.6 is 23.2 Å². The number of carbonyl (C=O) groups excluding carboxylic acids is 2. The lowest BCUT2D eigenvalue weighted by molar-refractivity contribution is -0.116. The van der Waals surface area contributed by atoms with E-state index in [0.717, 1.165) is 22.2 Å². The summed E-state index contributed by atoms with van der Waals surface area (Å²) in [6.45, 7) is 2.53. The lowest BCUT2D eigenvalue weighted by Gasteiger charge is -2.15. The highest BCUT2D eigenvalue weighted by Gasteiger charge is 2.14. The normalized spacial score (nSPS) is 11.0. The van der Waals surface area contributed by atoms with Crippen molar-refractivity contribution in [2.75, 3.05) is 20.2 Å². The van der Waals surface area contributed by atoms with Crippen molar-refractivity contribution in [3.05, 3.63) is 105 Å². The van der Waals surface area contributed by atoms with Gasteiger partial charge >= 0.3 is 0 Å². The Morgan fingerprint density at radius 2 is 1.74 bits per heavy atom. The summed E-state index contributed by atoms with van der Waals surface area (Å²) in [7, 11) is 1.57. The summed E-state index contributed by atoms with van der Waals surface area (Å²) in [4.78, 5) is 28.4. The number of para-hydroxylation sites is 1. The minimum absolute atomic E-state index is 0.134. The number of benzene rings is 3. The molecule has 1 heterocycles. The average Bonchev–Trinajstić information content (AvgIpc) is 2.95. The summed E-state index contributed by atoms with van der Waals surface area (Å²) in [6.07, 6.45) is 3.09. The van der Waals surface area contributed by atoms with Gasteiger partial charge in [-0.15, -0.1) is 0 Å². The predicted octanol–water partition coefficient (Wildman–Crippen LogP) is 6.00. The minimum Gasteiger partial charge on any atom is -0.490 e. The smallest absolute Gasteiger partial charge is 0.251 e. The number of aromatic nitrogens is 1. The Labute approximate surface area is 236 Å². The van der Waals surface area contributed by atoms with Gasteiger partial charge in [-0.2, -0.15) is 0 Å². The molecule has 9 heteroatoms. The van der Waals surface area contributed by atoms with E-state index in [2.05, 4.69) is 15.6 Å². The maximum Gasteiger partial charge on any atom is 0.251 e. The maximum absolute atomic E-state index is 12.2. The number of fused-ring (bicyclic) bond motifs is 1. The van der Waals surface area contributed by atoms with Gasteiger partial charge in [0.1, 0.15) is 30.2 Å². The molecule has 7 nitrogen and oxygen atoms in total. The molecule has 0 bridgehead atoms. The first-order valence-electron chi connectivity index (χ1n) is 12.2. The number of amides is 2. The first-order valence-corrected chi connectivity index (χ1v) is 13.0. The van der Waals surface area contributed by atoms with E-state index in [0.29, 0.717) is 32.7 Å². The number of hydrogen-bond donors (Lipinski definition) is 2. The van der Waals surface area contributed by atoms with E-state index < -0.39 is 0 Å². The van der Waals surface area contributed by atoms with Crippen molar-refractivity contribution < 1.29 is 19.1 Å². The van der Waals surface area contributed by atoms with Gasteiger partial charge < -0.3 is 20.1 Å². The number of pyridine rings is 1. The molecule has 4 rings (SSSR count). The summed E-state index contributed by atoms with van der Waals surface area (Å²) < 4.78 is 11.8. The Morgan fingerprint density at radius 3 is 2.51 bits per heavy atom. The Balaban J connectivity index is 1.30. The quantitative estimate of drug-likeness (QED) is 0.182. The van der Waals surface area contributed by atoms with Crippen molar-refractivity contribution in [2.45, 2.75) is 13.5 Å². The molecule has 0 radical (unpaired) electrons. The number of hydrogen-bond acceptors (Lipinski definition) is 5. The first kappa shape index (κ1) is 28.0. The van der Waals surface area contributed by atoms with E-state index in [1.165, 1.54) is 6.08 Å². The minimum atomic E-state index is -0.274. The molecule has 0 aliphatic carbocycles. The molecule has 1 aromatic heterocycles. The summed E-state index contributed by atoms with van der Waals surface area (Å²) >= 11 is 13.0. The molecule has 2 N–H and O–H groups in total. The van der Waals surface area contributed by atoms with Crippen molar-refractivity contribution in [1.29, 1.82) is 0 Å². The van der Waals surface area contributed by atoms with Gasteiger partial charge in [0.15, 0.2) is 0 Å². The second-order valence-corrected chi connectivity index (χ2v) is 9.37. The first-order chi connectivity index (χ1) is 18.9. The Bertz CT molecular complexity index is 1520. The van der Waals surface area contributed by atoms with Crippen LogP contribution in [0, 0.1) is 6.92 Å². The molecule has 0 atom stereocenters. The van der Waals surface area contributed by atoms with Crippen LogP contribution in [0.2, 0.25) is 10.0 Å². The lowest BCUT2D eigenvalue weighted by atomic mass is 10.1. The van der Waals surface area contributed by atoms with Gasteiger partial charge in [-0.1, -0.05) is 53.5 Å². The molecule has 3 aromatic carbocycles. The van der Waals surface area contributed by atoms with Crippen molar-refractivity contribution in [1.82, 2.24) is 15.6 Å². The molecule has 0 aliphatic rings. The van der Waals surface area contributed by atoms with E-state index in [1.54, 1.807) is 49.5 Å². The van der Waals surface area contributed by atoms with Crippen molar-refractivity contribution in [3.8, 4) is 11.5 Å². The molecule has 0 unspecified atom stereocenters. The number of rotatable bonds is 10. The Kier molecular flexibility index (Phi) is 9.41. The van der Waals surface area contributed by atoms with E-state index in [-0.39, 0.29) is 31.6 Å². The van der Waals surface area contributed by atoms with Gasteiger partial charge in [0.2, 0.25) is 5.91 Å². The molecule has 200 valence electrons. The number of aryl methyl sites for hydroxylation is 1. The maximum atomic E-state index is 12.2. The zero-order valence-electron chi connectivity index (χ0n) is 21.5. The molecule has 0 saturated heterocycles. The van der Waals surface area contributed by atoms with E-state index in [4.69, 9.17) is 32.7 Å². The molecular weight excluding hydrogens is 537 g/mol. The van der Waals surface area contributed by atoms with Gasteiger partial charge in [0.05, 0.1) is 11.6 Å². The van der Waals surface area contributed by atoms with Crippen LogP contribution in [0.3, 0.4) is 0 Å². The summed E-state index contributed by atoms with van der Waals surface area (Å²) in [5, 5.41) is 7.10. The third-order valence-corrected chi connectivity index (χ3v) is 6.60. The van der Waals surface area contributed by atoms with Gasteiger partial charge in [0.25, 0.3) is 5.91 Å². The van der Waals surface area contributed by atoms with E-state index in [1.807, 2.05) is 37.3 Å². The van der Waals surface area contributed by atoms with Crippen LogP contribution in [0.4, 0.5) is 0 Å². The van der Waals surface area contributed by atoms with Crippen LogP contribution in [0.15, 0.2) is 72.8 Å². The molecule has 0 aliphatic heterocycles. The van der Waals surface area contributed by atoms with Crippen molar-refractivity contribution in [2.24, 2.45) is 0 Å². The third kappa shape index (κ3) is 7.28. The number of halogens is 2. The summed E-state index contributed by atoms with van der Waals surface area (Å²) in [5.41, 5.74) is 3.60. The largest absolute Gasteiger partial charge is 0.490 e. The van der Waals surface area contributed by atoms with Crippen LogP contribution in [0.1, 0.15) is 27.2 Å². The van der Waals surface area contributed by atoms with Crippen molar-refractivity contribution >= 4 is 52.0 Å². The molecule has 4 aromatic rings. The predicted molar refractivity (Wildman–Crippen MR) is 155 cm³/mol. The van der Waals surface area contributed by atoms with Crippen LogP contribution < -0.4 is 20.1 Å². The van der Waals surface area contributed by atoms with Gasteiger partial charge in [-0.25, -0.2) is 4.98 Å². The fourth-order valence-electron chi connectivity index (χ4n) is 3.76. The second-order valence-electron chi connectivity index (χ2n) is 8.58. The van der Waals surface area contributed by atoms with Gasteiger partial charge in [0, 0.05) is 40.4 Å². The monoisotopic (exact) mass is 563 g/mol. The zero-order valence-corrected chi connectivity index (χ0v) is 23.0. The third-order valence-electron chi connectivity index (χ3n) is 5.83. The standard InChI is InChI=1S/C30H27Cl2N3O4/c1-19-6-10-21-4-3-5-26(29(21)35-19)39-18-23-24(31)13-14-25(28(23)32)38-17-16-34-27(36)15-9-20-7-11-22(12-8-20)30(37)33-2/h3-15H,16-18H2,1-2H3,(H,33,37)(H,34,36)/b15-9+. The SMILES string of the molecule is CNC(=O)c1ccc(/C=C/C(=O)NCCOc2ccc(Cl)c(COc3cccc4ccc(C)nc34)c2Cl)cc1.